The molecule has 9 heteroatoms. The monoisotopic (exact) mass is 444 g/mol. The summed E-state index contributed by atoms with van der Waals surface area (Å²) < 4.78 is 32.0. The molecule has 1 amide bonds. The Kier molecular flexibility index (Phi) is 8.08. The molecule has 0 spiro atoms. The molecule has 162 valence electrons. The van der Waals surface area contributed by atoms with Crippen molar-refractivity contribution in [2.45, 2.75) is 63.9 Å². The van der Waals surface area contributed by atoms with E-state index in [0.717, 1.165) is 19.3 Å². The van der Waals surface area contributed by atoms with Gasteiger partial charge in [-0.3, -0.25) is 4.79 Å². The molecular formula is C20H29ClN2O5S. The quantitative estimate of drug-likeness (QED) is 0.602. The van der Waals surface area contributed by atoms with Crippen LogP contribution in [-0.2, 0) is 19.6 Å². The highest BCUT2D eigenvalue weighted by molar-refractivity contribution is 7.89. The number of rotatable bonds is 7. The maximum atomic E-state index is 12.8. The van der Waals surface area contributed by atoms with E-state index < -0.39 is 16.0 Å². The third kappa shape index (κ3) is 5.29. The molecule has 1 saturated heterocycles. The van der Waals surface area contributed by atoms with E-state index in [9.17, 15) is 18.0 Å². The largest absolute Gasteiger partial charge is 0.452 e. The second-order valence-electron chi connectivity index (χ2n) is 7.24. The molecule has 0 aromatic heterocycles. The van der Waals surface area contributed by atoms with Gasteiger partial charge in [-0.1, -0.05) is 25.4 Å². The third-order valence-corrected chi connectivity index (χ3v) is 7.83. The first-order valence-corrected chi connectivity index (χ1v) is 11.7. The number of carbonyl (C=O) groups excluding carboxylic acids is 2. The standard InChI is InChI=1S/C20H29ClN2O5S/c1-5-22(6-2)29(26,27)18-12-16(10-11-17(18)21)20(25)28-13-19(24)23-14(3)8-7-9-15(23)4/h10-12,14-15H,5-9,13H2,1-4H3/t14-,15-/m1/s1. The number of amides is 1. The lowest BCUT2D eigenvalue weighted by Gasteiger charge is -2.38. The van der Waals surface area contributed by atoms with Crippen LogP contribution in [0.3, 0.4) is 0 Å². The Balaban J connectivity index is 2.15. The number of esters is 1. The number of ether oxygens (including phenoxy) is 1. The smallest absolute Gasteiger partial charge is 0.338 e. The number of benzene rings is 1. The number of halogens is 1. The van der Waals surface area contributed by atoms with Crippen LogP contribution in [0.5, 0.6) is 0 Å². The summed E-state index contributed by atoms with van der Waals surface area (Å²) in [5.41, 5.74) is 0.0349. The maximum Gasteiger partial charge on any atom is 0.338 e. The molecule has 1 aliphatic heterocycles. The molecule has 0 radical (unpaired) electrons. The summed E-state index contributed by atoms with van der Waals surface area (Å²) in [6, 6.07) is 4.15. The van der Waals surface area contributed by atoms with Gasteiger partial charge in [0.15, 0.2) is 6.61 Å². The van der Waals surface area contributed by atoms with Gasteiger partial charge in [0.05, 0.1) is 10.6 Å². The molecule has 0 bridgehead atoms. The minimum Gasteiger partial charge on any atom is -0.452 e. The number of likely N-dealkylation sites (tertiary alicyclic amines) is 1. The molecular weight excluding hydrogens is 416 g/mol. The summed E-state index contributed by atoms with van der Waals surface area (Å²) in [5, 5.41) is 0.0282. The minimum atomic E-state index is -3.83. The third-order valence-electron chi connectivity index (χ3n) is 5.30. The van der Waals surface area contributed by atoms with Gasteiger partial charge in [0.2, 0.25) is 10.0 Å². The zero-order valence-electron chi connectivity index (χ0n) is 17.4. The van der Waals surface area contributed by atoms with Crippen molar-refractivity contribution in [3.8, 4) is 0 Å². The number of nitrogens with zero attached hydrogens (tertiary/aromatic N) is 2. The minimum absolute atomic E-state index is 0.0282. The van der Waals surface area contributed by atoms with Crippen molar-refractivity contribution in [3.05, 3.63) is 28.8 Å². The topological polar surface area (TPSA) is 84.0 Å². The van der Waals surface area contributed by atoms with E-state index in [1.807, 2.05) is 13.8 Å². The van der Waals surface area contributed by atoms with Crippen LogP contribution in [0, 0.1) is 0 Å². The summed E-state index contributed by atoms with van der Waals surface area (Å²) in [5.74, 6) is -1.01. The molecule has 1 aromatic carbocycles. The second-order valence-corrected chi connectivity index (χ2v) is 9.55. The van der Waals surface area contributed by atoms with Crippen LogP contribution >= 0.6 is 11.6 Å². The van der Waals surface area contributed by atoms with Crippen LogP contribution in [0.2, 0.25) is 5.02 Å². The van der Waals surface area contributed by atoms with E-state index in [-0.39, 0.29) is 53.2 Å². The average molecular weight is 445 g/mol. The molecule has 2 rings (SSSR count). The summed E-state index contributed by atoms with van der Waals surface area (Å²) in [6.45, 7) is 7.60. The fourth-order valence-corrected chi connectivity index (χ4v) is 5.69. The van der Waals surface area contributed by atoms with Gasteiger partial charge in [-0.15, -0.1) is 0 Å². The first-order chi connectivity index (χ1) is 13.6. The van der Waals surface area contributed by atoms with E-state index in [0.29, 0.717) is 0 Å². The van der Waals surface area contributed by atoms with Crippen molar-refractivity contribution in [3.63, 3.8) is 0 Å². The van der Waals surface area contributed by atoms with Gasteiger partial charge >= 0.3 is 5.97 Å². The molecule has 1 aromatic rings. The van der Waals surface area contributed by atoms with E-state index in [1.165, 1.54) is 22.5 Å². The van der Waals surface area contributed by atoms with Crippen molar-refractivity contribution in [1.82, 2.24) is 9.21 Å². The van der Waals surface area contributed by atoms with E-state index >= 15 is 0 Å². The van der Waals surface area contributed by atoms with Crippen LogP contribution < -0.4 is 0 Å². The molecule has 2 atom stereocenters. The SMILES string of the molecule is CCN(CC)S(=O)(=O)c1cc(C(=O)OCC(=O)N2[C@H](C)CCC[C@H]2C)ccc1Cl. The van der Waals surface area contributed by atoms with Crippen molar-refractivity contribution in [2.75, 3.05) is 19.7 Å². The zero-order valence-corrected chi connectivity index (χ0v) is 18.9. The molecule has 1 fully saturated rings. The van der Waals surface area contributed by atoms with Gasteiger partial charge in [0.25, 0.3) is 5.91 Å². The van der Waals surface area contributed by atoms with E-state index in [1.54, 1.807) is 18.7 Å². The van der Waals surface area contributed by atoms with Gasteiger partial charge in [0.1, 0.15) is 4.90 Å². The van der Waals surface area contributed by atoms with Gasteiger partial charge in [-0.25, -0.2) is 13.2 Å². The lowest BCUT2D eigenvalue weighted by Crippen LogP contribution is -2.49. The predicted molar refractivity (Wildman–Crippen MR) is 111 cm³/mol. The lowest BCUT2D eigenvalue weighted by molar-refractivity contribution is -0.140. The first kappa shape index (κ1) is 23.6. The Morgan fingerprint density at radius 2 is 1.76 bits per heavy atom. The fourth-order valence-electron chi connectivity index (χ4n) is 3.73. The van der Waals surface area contributed by atoms with Crippen LogP contribution in [-0.4, -0.2) is 61.3 Å². The zero-order chi connectivity index (χ0) is 21.8. The second kappa shape index (κ2) is 9.91. The van der Waals surface area contributed by atoms with Crippen molar-refractivity contribution >= 4 is 33.5 Å². The molecule has 7 nitrogen and oxygen atoms in total. The molecule has 1 heterocycles. The Morgan fingerprint density at radius 1 is 1.17 bits per heavy atom. The Hall–Kier alpha value is -1.64. The fraction of sp³-hybridized carbons (Fsp3) is 0.600. The van der Waals surface area contributed by atoms with Crippen LogP contribution in [0.4, 0.5) is 0 Å². The van der Waals surface area contributed by atoms with Gasteiger partial charge in [-0.2, -0.15) is 4.31 Å². The summed E-state index contributed by atoms with van der Waals surface area (Å²) in [4.78, 5) is 26.6. The molecule has 0 N–H and O–H groups in total. The summed E-state index contributed by atoms with van der Waals surface area (Å²) >= 11 is 6.09. The van der Waals surface area contributed by atoms with Crippen LogP contribution in [0.1, 0.15) is 57.3 Å². The maximum absolute atomic E-state index is 12.8. The summed E-state index contributed by atoms with van der Waals surface area (Å²) in [7, 11) is -3.83. The Bertz CT molecular complexity index is 844. The van der Waals surface area contributed by atoms with E-state index in [2.05, 4.69) is 0 Å². The van der Waals surface area contributed by atoms with Crippen molar-refractivity contribution in [1.29, 1.82) is 0 Å². The molecule has 0 saturated carbocycles. The molecule has 29 heavy (non-hydrogen) atoms. The predicted octanol–water partition coefficient (Wildman–Crippen LogP) is 3.32. The Labute approximate surface area is 178 Å². The number of piperidine rings is 1. The van der Waals surface area contributed by atoms with Crippen LogP contribution in [0.15, 0.2) is 23.1 Å². The van der Waals surface area contributed by atoms with Crippen molar-refractivity contribution < 1.29 is 22.7 Å². The number of carbonyl (C=O) groups is 2. The van der Waals surface area contributed by atoms with Crippen molar-refractivity contribution in [2.24, 2.45) is 0 Å². The highest BCUT2D eigenvalue weighted by Crippen LogP contribution is 2.26. The molecule has 1 aliphatic rings. The van der Waals surface area contributed by atoms with Crippen LogP contribution in [0.25, 0.3) is 0 Å². The first-order valence-electron chi connectivity index (χ1n) is 9.91. The highest BCUT2D eigenvalue weighted by Gasteiger charge is 2.30. The Morgan fingerprint density at radius 3 is 2.31 bits per heavy atom. The van der Waals surface area contributed by atoms with Gasteiger partial charge < -0.3 is 9.64 Å². The lowest BCUT2D eigenvalue weighted by atomic mass is 9.97. The average Bonchev–Trinajstić information content (AvgIpc) is 2.66. The van der Waals surface area contributed by atoms with Gasteiger partial charge in [0, 0.05) is 25.2 Å². The molecule has 0 aliphatic carbocycles. The summed E-state index contributed by atoms with van der Waals surface area (Å²) in [6.07, 6.45) is 2.92. The van der Waals surface area contributed by atoms with E-state index in [4.69, 9.17) is 16.3 Å². The van der Waals surface area contributed by atoms with Gasteiger partial charge in [-0.05, 0) is 51.3 Å². The highest BCUT2D eigenvalue weighted by atomic mass is 35.5. The molecule has 0 unspecified atom stereocenters. The number of hydrogen-bond donors (Lipinski definition) is 0. The number of sulfonamides is 1. The normalized spacial score (nSPS) is 20.0. The number of hydrogen-bond acceptors (Lipinski definition) is 5.